The normalized spacial score (nSPS) is 11.2. The van der Waals surface area contributed by atoms with E-state index in [4.69, 9.17) is 10.7 Å². The molecule has 0 saturated carbocycles. The molecule has 28 heavy (non-hydrogen) atoms. The van der Waals surface area contributed by atoms with E-state index in [0.717, 1.165) is 22.4 Å². The molecule has 1 aromatic heterocycles. The standard InChI is InChI=1S/C23H26FN3O/c1-15(2)13-20-16(3)26-22(19-9-4-5-10-21(19)25)27(23(20)28)12-11-17-7-6-8-18(24)14-17/h4-10,14-15H,11-13,25H2,1-3H3. The van der Waals surface area contributed by atoms with Crippen molar-refractivity contribution in [3.63, 3.8) is 0 Å². The highest BCUT2D eigenvalue weighted by molar-refractivity contribution is 5.71. The maximum Gasteiger partial charge on any atom is 0.257 e. The Bertz CT molecular complexity index is 1040. The second-order valence-electron chi connectivity index (χ2n) is 7.52. The lowest BCUT2D eigenvalue weighted by Crippen LogP contribution is -2.29. The molecule has 0 bridgehead atoms. The first-order valence-electron chi connectivity index (χ1n) is 9.56. The number of hydrogen-bond acceptors (Lipinski definition) is 3. The molecule has 0 unspecified atom stereocenters. The minimum absolute atomic E-state index is 0.0455. The van der Waals surface area contributed by atoms with Gasteiger partial charge in [0, 0.05) is 29.1 Å². The van der Waals surface area contributed by atoms with Crippen LogP contribution in [0.3, 0.4) is 0 Å². The predicted octanol–water partition coefficient (Wildman–Crippen LogP) is 4.38. The van der Waals surface area contributed by atoms with Gasteiger partial charge < -0.3 is 5.73 Å². The van der Waals surface area contributed by atoms with E-state index in [1.165, 1.54) is 12.1 Å². The van der Waals surface area contributed by atoms with Gasteiger partial charge in [-0.2, -0.15) is 0 Å². The Hall–Kier alpha value is -2.95. The second-order valence-corrected chi connectivity index (χ2v) is 7.52. The maximum atomic E-state index is 13.5. The number of halogens is 1. The van der Waals surface area contributed by atoms with Crippen LogP contribution in [0.4, 0.5) is 10.1 Å². The van der Waals surface area contributed by atoms with Gasteiger partial charge in [0.05, 0.1) is 0 Å². The highest BCUT2D eigenvalue weighted by atomic mass is 19.1. The molecule has 0 aliphatic rings. The van der Waals surface area contributed by atoms with Crippen molar-refractivity contribution in [1.29, 1.82) is 0 Å². The fraction of sp³-hybridized carbons (Fsp3) is 0.304. The summed E-state index contributed by atoms with van der Waals surface area (Å²) in [6.45, 7) is 6.45. The summed E-state index contributed by atoms with van der Waals surface area (Å²) in [6.07, 6.45) is 1.20. The second kappa shape index (κ2) is 8.38. The average Bonchev–Trinajstić information content (AvgIpc) is 2.64. The zero-order chi connectivity index (χ0) is 20.3. The van der Waals surface area contributed by atoms with Gasteiger partial charge in [-0.15, -0.1) is 0 Å². The van der Waals surface area contributed by atoms with Crippen LogP contribution in [-0.2, 0) is 19.4 Å². The van der Waals surface area contributed by atoms with Gasteiger partial charge in [-0.25, -0.2) is 9.37 Å². The summed E-state index contributed by atoms with van der Waals surface area (Å²) in [5.41, 5.74) is 9.73. The number of anilines is 1. The van der Waals surface area contributed by atoms with Crippen LogP contribution < -0.4 is 11.3 Å². The third kappa shape index (κ3) is 4.30. The highest BCUT2D eigenvalue weighted by Crippen LogP contribution is 2.24. The quantitative estimate of drug-likeness (QED) is 0.647. The predicted molar refractivity (Wildman–Crippen MR) is 112 cm³/mol. The molecule has 0 aliphatic heterocycles. The molecule has 1 heterocycles. The Kier molecular flexibility index (Phi) is 5.93. The third-order valence-corrected chi connectivity index (χ3v) is 4.80. The molecule has 2 N–H and O–H groups in total. The summed E-state index contributed by atoms with van der Waals surface area (Å²) >= 11 is 0. The van der Waals surface area contributed by atoms with E-state index < -0.39 is 0 Å². The van der Waals surface area contributed by atoms with Crippen LogP contribution in [0.1, 0.15) is 30.7 Å². The smallest absolute Gasteiger partial charge is 0.257 e. The van der Waals surface area contributed by atoms with E-state index in [1.807, 2.05) is 31.2 Å². The van der Waals surface area contributed by atoms with E-state index in [2.05, 4.69) is 13.8 Å². The van der Waals surface area contributed by atoms with Gasteiger partial charge in [-0.1, -0.05) is 38.1 Å². The number of hydrogen-bond donors (Lipinski definition) is 1. The molecule has 4 nitrogen and oxygen atoms in total. The van der Waals surface area contributed by atoms with Crippen LogP contribution in [0, 0.1) is 18.7 Å². The van der Waals surface area contributed by atoms with E-state index in [1.54, 1.807) is 16.7 Å². The fourth-order valence-corrected chi connectivity index (χ4v) is 3.39. The van der Waals surface area contributed by atoms with Crippen LogP contribution in [0.5, 0.6) is 0 Å². The maximum absolute atomic E-state index is 13.5. The summed E-state index contributed by atoms with van der Waals surface area (Å²) in [6, 6.07) is 13.9. The molecule has 0 amide bonds. The Morgan fingerprint density at radius 1 is 1.14 bits per heavy atom. The van der Waals surface area contributed by atoms with Crippen LogP contribution in [-0.4, -0.2) is 9.55 Å². The molecule has 146 valence electrons. The minimum atomic E-state index is -0.278. The Morgan fingerprint density at radius 3 is 2.57 bits per heavy atom. The molecule has 0 saturated heterocycles. The monoisotopic (exact) mass is 379 g/mol. The molecule has 0 aliphatic carbocycles. The zero-order valence-corrected chi connectivity index (χ0v) is 16.6. The Balaban J connectivity index is 2.10. The number of aromatic nitrogens is 2. The van der Waals surface area contributed by atoms with Gasteiger partial charge in [-0.3, -0.25) is 9.36 Å². The van der Waals surface area contributed by atoms with Gasteiger partial charge in [0.25, 0.3) is 5.56 Å². The van der Waals surface area contributed by atoms with Crippen LogP contribution in [0.25, 0.3) is 11.4 Å². The number of para-hydroxylation sites is 1. The summed E-state index contributed by atoms with van der Waals surface area (Å²) in [5.74, 6) is 0.627. The first kappa shape index (κ1) is 19.8. The zero-order valence-electron chi connectivity index (χ0n) is 16.6. The minimum Gasteiger partial charge on any atom is -0.398 e. The lowest BCUT2D eigenvalue weighted by atomic mass is 10.0. The summed E-state index contributed by atoms with van der Waals surface area (Å²) < 4.78 is 15.2. The third-order valence-electron chi connectivity index (χ3n) is 4.80. The van der Waals surface area contributed by atoms with Gasteiger partial charge in [0.2, 0.25) is 0 Å². The van der Waals surface area contributed by atoms with E-state index in [0.29, 0.717) is 36.8 Å². The summed E-state index contributed by atoms with van der Waals surface area (Å²) in [4.78, 5) is 18.1. The molecule has 3 rings (SSSR count). The van der Waals surface area contributed by atoms with Crippen molar-refractivity contribution in [2.24, 2.45) is 5.92 Å². The van der Waals surface area contributed by atoms with Crippen molar-refractivity contribution >= 4 is 5.69 Å². The lowest BCUT2D eigenvalue weighted by Gasteiger charge is -2.18. The van der Waals surface area contributed by atoms with Crippen LogP contribution in [0.15, 0.2) is 53.3 Å². The largest absolute Gasteiger partial charge is 0.398 e. The number of nitrogens with zero attached hydrogens (tertiary/aromatic N) is 2. The van der Waals surface area contributed by atoms with Crippen LogP contribution in [0.2, 0.25) is 0 Å². The summed E-state index contributed by atoms with van der Waals surface area (Å²) in [5, 5.41) is 0. The Labute approximate surface area is 164 Å². The Morgan fingerprint density at radius 2 is 1.89 bits per heavy atom. The van der Waals surface area contributed by atoms with Crippen molar-refractivity contribution in [3.05, 3.63) is 81.5 Å². The van der Waals surface area contributed by atoms with Crippen molar-refractivity contribution in [3.8, 4) is 11.4 Å². The lowest BCUT2D eigenvalue weighted by molar-refractivity contribution is 0.601. The number of nitrogen functional groups attached to an aromatic ring is 1. The van der Waals surface area contributed by atoms with Gasteiger partial charge >= 0.3 is 0 Å². The molecule has 0 spiro atoms. The first-order valence-corrected chi connectivity index (χ1v) is 9.56. The molecular formula is C23H26FN3O. The van der Waals surface area contributed by atoms with E-state index in [9.17, 15) is 9.18 Å². The molecule has 0 radical (unpaired) electrons. The topological polar surface area (TPSA) is 60.9 Å². The molecule has 0 fully saturated rings. The average molecular weight is 379 g/mol. The first-order chi connectivity index (χ1) is 13.4. The molecule has 3 aromatic rings. The van der Waals surface area contributed by atoms with Crippen molar-refractivity contribution in [2.45, 2.75) is 40.2 Å². The van der Waals surface area contributed by atoms with Gasteiger partial charge in [-0.05, 0) is 55.5 Å². The molecule has 0 atom stereocenters. The van der Waals surface area contributed by atoms with Crippen molar-refractivity contribution in [2.75, 3.05) is 5.73 Å². The number of benzene rings is 2. The molecule has 5 heteroatoms. The van der Waals surface area contributed by atoms with Crippen LogP contribution >= 0.6 is 0 Å². The number of aryl methyl sites for hydroxylation is 2. The SMILES string of the molecule is Cc1nc(-c2ccccc2N)n(CCc2cccc(F)c2)c(=O)c1CC(C)C. The van der Waals surface area contributed by atoms with E-state index >= 15 is 0 Å². The molecular weight excluding hydrogens is 353 g/mol. The number of rotatable bonds is 6. The highest BCUT2D eigenvalue weighted by Gasteiger charge is 2.17. The van der Waals surface area contributed by atoms with Gasteiger partial charge in [0.1, 0.15) is 11.6 Å². The van der Waals surface area contributed by atoms with Crippen molar-refractivity contribution < 1.29 is 4.39 Å². The molecule has 2 aromatic carbocycles. The number of nitrogens with two attached hydrogens (primary N) is 1. The fourth-order valence-electron chi connectivity index (χ4n) is 3.39. The van der Waals surface area contributed by atoms with Gasteiger partial charge in [0.15, 0.2) is 0 Å². The van der Waals surface area contributed by atoms with Crippen molar-refractivity contribution in [1.82, 2.24) is 9.55 Å². The van der Waals surface area contributed by atoms with E-state index in [-0.39, 0.29) is 11.4 Å². The summed E-state index contributed by atoms with van der Waals surface area (Å²) in [7, 11) is 0.